The van der Waals surface area contributed by atoms with E-state index in [4.69, 9.17) is 0 Å². The molecule has 0 saturated carbocycles. The number of rotatable bonds is 1. The lowest BCUT2D eigenvalue weighted by atomic mass is 10.1. The topological polar surface area (TPSA) is 17.1 Å². The molecule has 12 heavy (non-hydrogen) atoms. The molecule has 1 nitrogen and oxygen atoms in total. The Balaban J connectivity index is 3.43. The molecule has 0 saturated heterocycles. The summed E-state index contributed by atoms with van der Waals surface area (Å²) in [6.07, 6.45) is 0. The van der Waals surface area contributed by atoms with E-state index in [0.717, 1.165) is 0 Å². The maximum atomic E-state index is 13.3. The van der Waals surface area contributed by atoms with Crippen LogP contribution in [0.15, 0.2) is 16.6 Å². The fourth-order valence-electron chi connectivity index (χ4n) is 0.850. The smallest absolute Gasteiger partial charge is 0.163 e. The number of hydrogen-bond donors (Lipinski definition) is 0. The third-order valence-corrected chi connectivity index (χ3v) is 2.89. The minimum Gasteiger partial charge on any atom is -0.294 e. The molecule has 0 aliphatic carbocycles. The number of carbonyl (C=O) groups is 1. The van der Waals surface area contributed by atoms with Gasteiger partial charge in [-0.1, -0.05) is 0 Å². The Kier molecular flexibility index (Phi) is 3.22. The van der Waals surface area contributed by atoms with Gasteiger partial charge < -0.3 is 0 Å². The Morgan fingerprint density at radius 2 is 2.17 bits per heavy atom. The van der Waals surface area contributed by atoms with Crippen molar-refractivity contribution in [1.82, 2.24) is 0 Å². The molecule has 0 fully saturated rings. The standard InChI is InChI=1S/C8H5BrFIO/c1-4(12)7-5(9)2-3-6(11)8(7)10/h2-3H,1H3. The molecule has 0 aliphatic rings. The van der Waals surface area contributed by atoms with Crippen LogP contribution >= 0.6 is 38.5 Å². The Labute approximate surface area is 91.6 Å². The van der Waals surface area contributed by atoms with E-state index in [-0.39, 0.29) is 11.3 Å². The van der Waals surface area contributed by atoms with Crippen molar-refractivity contribution in [1.29, 1.82) is 0 Å². The molecule has 0 aliphatic heterocycles. The van der Waals surface area contributed by atoms with E-state index in [9.17, 15) is 9.18 Å². The number of hydrogen-bond acceptors (Lipinski definition) is 1. The monoisotopic (exact) mass is 342 g/mol. The Morgan fingerprint density at radius 3 is 2.58 bits per heavy atom. The second-order valence-corrected chi connectivity index (χ2v) is 4.29. The van der Waals surface area contributed by atoms with Gasteiger partial charge in [0.15, 0.2) is 5.78 Å². The largest absolute Gasteiger partial charge is 0.294 e. The van der Waals surface area contributed by atoms with Crippen molar-refractivity contribution in [2.24, 2.45) is 0 Å². The molecule has 1 aromatic carbocycles. The summed E-state index contributed by atoms with van der Waals surface area (Å²) in [5.74, 6) is -0.713. The average Bonchev–Trinajstić information content (AvgIpc) is 1.97. The highest BCUT2D eigenvalue weighted by Gasteiger charge is 2.13. The van der Waals surface area contributed by atoms with Crippen molar-refractivity contribution in [3.63, 3.8) is 0 Å². The van der Waals surface area contributed by atoms with Gasteiger partial charge in [-0.2, -0.15) is 0 Å². The SMILES string of the molecule is CC(=O)c1c(Br)ccc(I)c1F. The van der Waals surface area contributed by atoms with E-state index in [1.807, 2.05) is 22.6 Å². The molecule has 0 radical (unpaired) electrons. The first-order valence-corrected chi connectivity index (χ1v) is 5.05. The van der Waals surface area contributed by atoms with Crippen molar-refractivity contribution in [2.75, 3.05) is 0 Å². The summed E-state index contributed by atoms with van der Waals surface area (Å²) in [5.41, 5.74) is 0.127. The molecule has 1 aromatic rings. The van der Waals surface area contributed by atoms with Gasteiger partial charge >= 0.3 is 0 Å². The molecular weight excluding hydrogens is 338 g/mol. The minimum atomic E-state index is -0.447. The van der Waals surface area contributed by atoms with Gasteiger partial charge in [0.05, 0.1) is 5.56 Å². The molecule has 0 spiro atoms. The lowest BCUT2D eigenvalue weighted by Gasteiger charge is -2.02. The lowest BCUT2D eigenvalue weighted by Crippen LogP contribution is -2.00. The van der Waals surface area contributed by atoms with Crippen molar-refractivity contribution in [3.05, 3.63) is 31.6 Å². The molecule has 0 atom stereocenters. The number of carbonyl (C=O) groups excluding carboxylic acids is 1. The van der Waals surface area contributed by atoms with E-state index in [1.165, 1.54) is 6.92 Å². The number of ketones is 1. The Hall–Kier alpha value is 0.0300. The predicted octanol–water partition coefficient (Wildman–Crippen LogP) is 3.40. The van der Waals surface area contributed by atoms with E-state index >= 15 is 0 Å². The zero-order valence-electron chi connectivity index (χ0n) is 6.20. The highest BCUT2D eigenvalue weighted by Crippen LogP contribution is 2.24. The molecule has 0 amide bonds. The normalized spacial score (nSPS) is 10.0. The highest BCUT2D eigenvalue weighted by atomic mass is 127. The molecule has 0 N–H and O–H groups in total. The first-order valence-electron chi connectivity index (χ1n) is 3.18. The summed E-state index contributed by atoms with van der Waals surface area (Å²) in [4.78, 5) is 11.0. The lowest BCUT2D eigenvalue weighted by molar-refractivity contribution is 0.101. The van der Waals surface area contributed by atoms with Gasteiger partial charge in [-0.15, -0.1) is 0 Å². The van der Waals surface area contributed by atoms with Crippen LogP contribution in [-0.2, 0) is 0 Å². The van der Waals surface area contributed by atoms with Crippen LogP contribution in [0.1, 0.15) is 17.3 Å². The molecule has 0 bridgehead atoms. The fraction of sp³-hybridized carbons (Fsp3) is 0.125. The van der Waals surface area contributed by atoms with E-state index in [0.29, 0.717) is 8.04 Å². The average molecular weight is 343 g/mol. The van der Waals surface area contributed by atoms with Crippen LogP contribution in [0.4, 0.5) is 4.39 Å². The van der Waals surface area contributed by atoms with E-state index in [1.54, 1.807) is 12.1 Å². The summed E-state index contributed by atoms with van der Waals surface area (Å²) in [6.45, 7) is 1.35. The van der Waals surface area contributed by atoms with Crippen molar-refractivity contribution in [2.45, 2.75) is 6.92 Å². The van der Waals surface area contributed by atoms with Crippen molar-refractivity contribution >= 4 is 44.3 Å². The van der Waals surface area contributed by atoms with Crippen LogP contribution in [0.2, 0.25) is 0 Å². The molecule has 64 valence electrons. The second-order valence-electron chi connectivity index (χ2n) is 2.27. The van der Waals surface area contributed by atoms with Crippen LogP contribution < -0.4 is 0 Å². The van der Waals surface area contributed by atoms with Gasteiger partial charge in [0.25, 0.3) is 0 Å². The molecule has 1 rings (SSSR count). The van der Waals surface area contributed by atoms with Crippen molar-refractivity contribution < 1.29 is 9.18 Å². The predicted molar refractivity (Wildman–Crippen MR) is 56.8 cm³/mol. The number of halogens is 3. The number of Topliss-reactive ketones (excluding diaryl/α,β-unsaturated/α-hetero) is 1. The quantitative estimate of drug-likeness (QED) is 0.434. The molecule has 0 unspecified atom stereocenters. The summed E-state index contributed by atoms with van der Waals surface area (Å²) >= 11 is 4.97. The summed E-state index contributed by atoms with van der Waals surface area (Å²) in [7, 11) is 0. The summed E-state index contributed by atoms with van der Waals surface area (Å²) in [5, 5.41) is 0. The van der Waals surface area contributed by atoms with Crippen LogP contribution in [0.25, 0.3) is 0 Å². The molecule has 0 aromatic heterocycles. The van der Waals surface area contributed by atoms with Gasteiger partial charge in [0.1, 0.15) is 5.82 Å². The molecule has 0 heterocycles. The van der Waals surface area contributed by atoms with Gasteiger partial charge in [-0.3, -0.25) is 4.79 Å². The zero-order chi connectivity index (χ0) is 9.30. The second kappa shape index (κ2) is 3.83. The summed E-state index contributed by atoms with van der Waals surface area (Å²) < 4.78 is 14.2. The van der Waals surface area contributed by atoms with Gasteiger partial charge in [0.2, 0.25) is 0 Å². The number of benzene rings is 1. The minimum absolute atomic E-state index is 0.127. The van der Waals surface area contributed by atoms with E-state index in [2.05, 4.69) is 15.9 Å². The van der Waals surface area contributed by atoms with Crippen LogP contribution in [0, 0.1) is 9.39 Å². The van der Waals surface area contributed by atoms with Crippen LogP contribution in [-0.4, -0.2) is 5.78 Å². The van der Waals surface area contributed by atoms with Crippen LogP contribution in [0.3, 0.4) is 0 Å². The third-order valence-electron chi connectivity index (χ3n) is 1.40. The fourth-order valence-corrected chi connectivity index (χ4v) is 1.88. The third kappa shape index (κ3) is 1.85. The highest BCUT2D eigenvalue weighted by molar-refractivity contribution is 14.1. The Bertz CT molecular complexity index is 338. The zero-order valence-corrected chi connectivity index (χ0v) is 9.94. The van der Waals surface area contributed by atoms with Gasteiger partial charge in [-0.25, -0.2) is 4.39 Å². The first kappa shape index (κ1) is 10.1. The van der Waals surface area contributed by atoms with Crippen molar-refractivity contribution in [3.8, 4) is 0 Å². The Morgan fingerprint density at radius 1 is 1.58 bits per heavy atom. The van der Waals surface area contributed by atoms with Crippen LogP contribution in [0.5, 0.6) is 0 Å². The maximum Gasteiger partial charge on any atom is 0.163 e. The summed E-state index contributed by atoms with van der Waals surface area (Å²) in [6, 6.07) is 3.29. The molecular formula is C8H5BrFIO. The van der Waals surface area contributed by atoms with E-state index < -0.39 is 5.82 Å². The maximum absolute atomic E-state index is 13.3. The molecule has 4 heteroatoms. The first-order chi connectivity index (χ1) is 5.54. The van der Waals surface area contributed by atoms with Gasteiger partial charge in [-0.05, 0) is 57.6 Å². The van der Waals surface area contributed by atoms with Gasteiger partial charge in [0, 0.05) is 8.04 Å².